The number of nitrogens with zero attached hydrogens (tertiary/aromatic N) is 2. The van der Waals surface area contributed by atoms with Crippen molar-refractivity contribution in [3.05, 3.63) is 66.1 Å². The molecule has 3 nitrogen and oxygen atoms in total. The van der Waals surface area contributed by atoms with Gasteiger partial charge in [-0.05, 0) is 42.3 Å². The third-order valence-electron chi connectivity index (χ3n) is 3.92. The summed E-state index contributed by atoms with van der Waals surface area (Å²) in [5.74, 6) is 0. The predicted molar refractivity (Wildman–Crippen MR) is 87.6 cm³/mol. The van der Waals surface area contributed by atoms with Crippen LogP contribution in [0.15, 0.2) is 55.0 Å². The number of aromatic nitrogens is 2. The summed E-state index contributed by atoms with van der Waals surface area (Å²) in [5, 5.41) is 4.06. The molecule has 0 fully saturated rings. The van der Waals surface area contributed by atoms with E-state index in [0.717, 1.165) is 29.8 Å². The fourth-order valence-electron chi connectivity index (χ4n) is 2.65. The standard InChI is InChI=1S/C18H16F3N3/c1-2-15(12-5-8-22-9-6-12)24-16-7-10-23-17-11-13(18(19,20)21)3-4-14(16)17/h3-11,15H,2H2,1H3,(H,23,24). The van der Waals surface area contributed by atoms with Crippen LogP contribution in [0.5, 0.6) is 0 Å². The van der Waals surface area contributed by atoms with Gasteiger partial charge < -0.3 is 5.32 Å². The van der Waals surface area contributed by atoms with E-state index < -0.39 is 11.7 Å². The molecule has 2 heterocycles. The number of nitrogens with one attached hydrogen (secondary N) is 1. The summed E-state index contributed by atoms with van der Waals surface area (Å²) in [6.07, 6.45) is 1.42. The van der Waals surface area contributed by atoms with Crippen LogP contribution in [0.1, 0.15) is 30.5 Å². The first-order valence-electron chi connectivity index (χ1n) is 7.61. The lowest BCUT2D eigenvalue weighted by molar-refractivity contribution is -0.137. The molecule has 0 aliphatic heterocycles. The zero-order valence-corrected chi connectivity index (χ0v) is 13.0. The van der Waals surface area contributed by atoms with Crippen molar-refractivity contribution in [2.75, 3.05) is 5.32 Å². The Morgan fingerprint density at radius 1 is 1.04 bits per heavy atom. The maximum absolute atomic E-state index is 12.9. The number of alkyl halides is 3. The van der Waals surface area contributed by atoms with E-state index in [-0.39, 0.29) is 6.04 Å². The van der Waals surface area contributed by atoms with Gasteiger partial charge in [0.1, 0.15) is 0 Å². The van der Waals surface area contributed by atoms with Gasteiger partial charge in [0.15, 0.2) is 0 Å². The molecule has 0 saturated carbocycles. The van der Waals surface area contributed by atoms with Crippen LogP contribution in [-0.2, 0) is 6.18 Å². The van der Waals surface area contributed by atoms with Gasteiger partial charge in [-0.1, -0.05) is 13.0 Å². The van der Waals surface area contributed by atoms with E-state index in [1.807, 2.05) is 19.1 Å². The molecule has 1 atom stereocenters. The van der Waals surface area contributed by atoms with E-state index in [0.29, 0.717) is 10.9 Å². The molecule has 124 valence electrons. The van der Waals surface area contributed by atoms with Crippen molar-refractivity contribution in [3.8, 4) is 0 Å². The number of fused-ring (bicyclic) bond motifs is 1. The van der Waals surface area contributed by atoms with Crippen LogP contribution in [0.2, 0.25) is 0 Å². The Labute approximate surface area is 137 Å². The maximum Gasteiger partial charge on any atom is 0.416 e. The highest BCUT2D eigenvalue weighted by atomic mass is 19.4. The quantitative estimate of drug-likeness (QED) is 0.713. The molecule has 2 aromatic heterocycles. The van der Waals surface area contributed by atoms with Gasteiger partial charge >= 0.3 is 6.18 Å². The number of anilines is 1. The highest BCUT2D eigenvalue weighted by Gasteiger charge is 2.30. The summed E-state index contributed by atoms with van der Waals surface area (Å²) in [7, 11) is 0. The third kappa shape index (κ3) is 3.32. The first kappa shape index (κ1) is 16.2. The molecule has 1 N–H and O–H groups in total. The van der Waals surface area contributed by atoms with Gasteiger partial charge in [0.2, 0.25) is 0 Å². The Morgan fingerprint density at radius 2 is 1.79 bits per heavy atom. The molecule has 24 heavy (non-hydrogen) atoms. The zero-order chi connectivity index (χ0) is 17.2. The Kier molecular flexibility index (Phi) is 4.38. The summed E-state index contributed by atoms with van der Waals surface area (Å²) in [4.78, 5) is 8.08. The van der Waals surface area contributed by atoms with Crippen LogP contribution >= 0.6 is 0 Å². The van der Waals surface area contributed by atoms with Crippen LogP contribution in [0, 0.1) is 0 Å². The second kappa shape index (κ2) is 6.47. The smallest absolute Gasteiger partial charge is 0.378 e. The minimum atomic E-state index is -4.37. The average molecular weight is 331 g/mol. The number of hydrogen-bond acceptors (Lipinski definition) is 3. The number of halogens is 3. The SMILES string of the molecule is CCC(Nc1ccnc2cc(C(F)(F)F)ccc12)c1ccncc1. The van der Waals surface area contributed by atoms with E-state index in [2.05, 4.69) is 15.3 Å². The largest absolute Gasteiger partial charge is 0.416 e. The molecule has 0 aliphatic carbocycles. The highest BCUT2D eigenvalue weighted by molar-refractivity contribution is 5.91. The van der Waals surface area contributed by atoms with Crippen molar-refractivity contribution in [1.29, 1.82) is 0 Å². The molecular formula is C18H16F3N3. The van der Waals surface area contributed by atoms with Crippen molar-refractivity contribution in [2.45, 2.75) is 25.6 Å². The highest BCUT2D eigenvalue weighted by Crippen LogP contribution is 2.33. The molecule has 0 radical (unpaired) electrons. The topological polar surface area (TPSA) is 37.8 Å². The van der Waals surface area contributed by atoms with Gasteiger partial charge in [0.25, 0.3) is 0 Å². The Bertz CT molecular complexity index is 832. The van der Waals surface area contributed by atoms with E-state index in [1.54, 1.807) is 18.5 Å². The van der Waals surface area contributed by atoms with Crippen molar-refractivity contribution < 1.29 is 13.2 Å². The van der Waals surface area contributed by atoms with E-state index in [4.69, 9.17) is 0 Å². The number of benzene rings is 1. The molecule has 0 amide bonds. The minimum absolute atomic E-state index is 0.0425. The lowest BCUT2D eigenvalue weighted by atomic mass is 10.0. The normalized spacial score (nSPS) is 13.0. The number of hydrogen-bond donors (Lipinski definition) is 1. The Balaban J connectivity index is 1.98. The van der Waals surface area contributed by atoms with Gasteiger partial charge in [-0.3, -0.25) is 9.97 Å². The lowest BCUT2D eigenvalue weighted by Gasteiger charge is -2.20. The molecule has 0 spiro atoms. The van der Waals surface area contributed by atoms with E-state index in [1.165, 1.54) is 12.3 Å². The summed E-state index contributed by atoms with van der Waals surface area (Å²) >= 11 is 0. The first-order chi connectivity index (χ1) is 11.5. The lowest BCUT2D eigenvalue weighted by Crippen LogP contribution is -2.10. The van der Waals surface area contributed by atoms with Gasteiger partial charge in [-0.25, -0.2) is 0 Å². The molecule has 6 heteroatoms. The van der Waals surface area contributed by atoms with Crippen LogP contribution in [0.25, 0.3) is 10.9 Å². The fraction of sp³-hybridized carbons (Fsp3) is 0.222. The van der Waals surface area contributed by atoms with E-state index >= 15 is 0 Å². The monoisotopic (exact) mass is 331 g/mol. The van der Waals surface area contributed by atoms with Crippen LogP contribution in [0.4, 0.5) is 18.9 Å². The molecule has 3 rings (SSSR count). The molecule has 1 aromatic carbocycles. The average Bonchev–Trinajstić information content (AvgIpc) is 2.59. The fourth-order valence-corrected chi connectivity index (χ4v) is 2.65. The second-order valence-electron chi connectivity index (χ2n) is 5.47. The van der Waals surface area contributed by atoms with Crippen molar-refractivity contribution in [3.63, 3.8) is 0 Å². The minimum Gasteiger partial charge on any atom is -0.378 e. The zero-order valence-electron chi connectivity index (χ0n) is 13.0. The summed E-state index contributed by atoms with van der Waals surface area (Å²) < 4.78 is 38.6. The first-order valence-corrected chi connectivity index (χ1v) is 7.61. The molecule has 0 aliphatic rings. The molecular weight excluding hydrogens is 315 g/mol. The van der Waals surface area contributed by atoms with Crippen molar-refractivity contribution in [1.82, 2.24) is 9.97 Å². The number of pyridine rings is 2. The molecule has 1 unspecified atom stereocenters. The predicted octanol–water partition coefficient (Wildman–Crippen LogP) is 5.21. The maximum atomic E-state index is 12.9. The molecule has 0 saturated heterocycles. The van der Waals surface area contributed by atoms with Gasteiger partial charge in [-0.15, -0.1) is 0 Å². The summed E-state index contributed by atoms with van der Waals surface area (Å²) in [6.45, 7) is 2.04. The van der Waals surface area contributed by atoms with Crippen molar-refractivity contribution >= 4 is 16.6 Å². The van der Waals surface area contributed by atoms with E-state index in [9.17, 15) is 13.2 Å². The molecule has 0 bridgehead atoms. The Morgan fingerprint density at radius 3 is 2.46 bits per heavy atom. The Hall–Kier alpha value is -2.63. The van der Waals surface area contributed by atoms with Gasteiger partial charge in [0, 0.05) is 29.7 Å². The second-order valence-corrected chi connectivity index (χ2v) is 5.47. The number of rotatable bonds is 4. The third-order valence-corrected chi connectivity index (χ3v) is 3.92. The van der Waals surface area contributed by atoms with Crippen LogP contribution < -0.4 is 5.32 Å². The van der Waals surface area contributed by atoms with Crippen LogP contribution in [-0.4, -0.2) is 9.97 Å². The summed E-state index contributed by atoms with van der Waals surface area (Å²) in [5.41, 5.74) is 1.46. The summed E-state index contributed by atoms with van der Waals surface area (Å²) in [6, 6.07) is 9.29. The van der Waals surface area contributed by atoms with Gasteiger partial charge in [-0.2, -0.15) is 13.2 Å². The molecule has 3 aromatic rings. The van der Waals surface area contributed by atoms with Gasteiger partial charge in [0.05, 0.1) is 17.1 Å². The van der Waals surface area contributed by atoms with Crippen molar-refractivity contribution in [2.24, 2.45) is 0 Å². The van der Waals surface area contributed by atoms with Crippen LogP contribution in [0.3, 0.4) is 0 Å².